The zero-order chi connectivity index (χ0) is 30.4. The molecule has 10 nitrogen and oxygen atoms in total. The number of aromatic nitrogens is 4. The fourth-order valence-electron chi connectivity index (χ4n) is 4.42. The minimum Gasteiger partial charge on any atom is -0.352 e. The molecule has 1 atom stereocenters. The molecule has 8 rings (SSSR count). The first-order valence-electron chi connectivity index (χ1n) is 13.8. The number of hydrogen-bond donors (Lipinski definition) is 3. The summed E-state index contributed by atoms with van der Waals surface area (Å²) < 4.78 is 55.7. The van der Waals surface area contributed by atoms with E-state index in [-0.39, 0.29) is 17.2 Å². The van der Waals surface area contributed by atoms with Gasteiger partial charge in [0, 0.05) is 42.9 Å². The van der Waals surface area contributed by atoms with E-state index >= 15 is 0 Å². The Morgan fingerprint density at radius 3 is 2.67 bits per heavy atom. The molecule has 0 radical (unpaired) electrons. The molecule has 43 heavy (non-hydrogen) atoms. The minimum atomic E-state index is -4.74. The Kier molecular flexibility index (Phi) is 9.54. The van der Waals surface area contributed by atoms with E-state index < -0.39 is 31.8 Å². The van der Waals surface area contributed by atoms with Gasteiger partial charge in [-0.3, -0.25) is 9.48 Å². The molecular weight excluding hydrogens is 582 g/mol. The second kappa shape index (κ2) is 13.5. The summed E-state index contributed by atoms with van der Waals surface area (Å²) in [5.74, 6) is -0.985. The van der Waals surface area contributed by atoms with Gasteiger partial charge >= 0.3 is 6.18 Å². The first-order chi connectivity index (χ1) is 20.7. The number of carbonyl (C=O) groups is 1. The van der Waals surface area contributed by atoms with Crippen LogP contribution in [-0.4, -0.2) is 45.4 Å². The molecule has 2 aromatic carbocycles. The summed E-state index contributed by atoms with van der Waals surface area (Å²) in [5, 5.41) is 12.9. The van der Waals surface area contributed by atoms with Crippen LogP contribution >= 0.6 is 8.38 Å². The maximum Gasteiger partial charge on any atom is 0.421 e. The normalized spacial score (nSPS) is 15.6. The third-order valence-corrected chi connectivity index (χ3v) is 8.12. The van der Waals surface area contributed by atoms with Gasteiger partial charge in [-0.15, -0.1) is 0 Å². The van der Waals surface area contributed by atoms with Gasteiger partial charge in [-0.05, 0) is 55.7 Å². The zero-order valence-electron chi connectivity index (χ0n) is 23.6. The topological polar surface area (TPSA) is 115 Å². The highest BCUT2D eigenvalue weighted by Gasteiger charge is 2.35. The first-order valence-corrected chi connectivity index (χ1v) is 15.2. The van der Waals surface area contributed by atoms with E-state index in [1.54, 1.807) is 48.1 Å². The molecule has 0 spiro atoms. The highest BCUT2D eigenvalue weighted by Crippen LogP contribution is 2.42. The Morgan fingerprint density at radius 1 is 1.12 bits per heavy atom. The quantitative estimate of drug-likeness (QED) is 0.214. The third kappa shape index (κ3) is 7.67. The molecule has 0 fully saturated rings. The number of alkyl halides is 3. The Hall–Kier alpha value is -4.06. The molecule has 4 aromatic rings. The van der Waals surface area contributed by atoms with Crippen molar-refractivity contribution in [3.05, 3.63) is 77.7 Å². The van der Waals surface area contributed by atoms with E-state index in [0.29, 0.717) is 56.3 Å². The largest absolute Gasteiger partial charge is 0.421 e. The van der Waals surface area contributed by atoms with Crippen molar-refractivity contribution in [3.8, 4) is 11.1 Å². The number of aryl methyl sites for hydroxylation is 1. The highest BCUT2D eigenvalue weighted by molar-refractivity contribution is 7.46. The molecule has 6 heterocycles. The number of anilines is 4. The SMILES string of the molecule is CCNC(=O)c1cc2ccc1Nc1nc(ncc1C(F)(F)F)Nc1ccc(cc1)CP(OCC)OCCCn1cc-2cn1. The molecule has 226 valence electrons. The molecule has 1 unspecified atom stereocenters. The van der Waals surface area contributed by atoms with E-state index in [1.807, 2.05) is 25.3 Å². The molecule has 3 N–H and O–H groups in total. The lowest BCUT2D eigenvalue weighted by Crippen LogP contribution is -2.24. The summed E-state index contributed by atoms with van der Waals surface area (Å²) in [6.45, 7) is 5.64. The van der Waals surface area contributed by atoms with Crippen LogP contribution in [0.5, 0.6) is 0 Å². The van der Waals surface area contributed by atoms with E-state index in [4.69, 9.17) is 9.05 Å². The Morgan fingerprint density at radius 2 is 1.93 bits per heavy atom. The molecule has 4 aliphatic rings. The number of amides is 1. The van der Waals surface area contributed by atoms with Crippen molar-refractivity contribution < 1.29 is 27.0 Å². The van der Waals surface area contributed by atoms with Crippen LogP contribution in [0.3, 0.4) is 0 Å². The second-order valence-electron chi connectivity index (χ2n) is 9.61. The number of carbonyl (C=O) groups excluding carboxylic acids is 1. The van der Waals surface area contributed by atoms with Gasteiger partial charge in [0.2, 0.25) is 5.95 Å². The number of rotatable bonds is 4. The van der Waals surface area contributed by atoms with Crippen LogP contribution in [0.2, 0.25) is 0 Å². The molecule has 1 amide bonds. The summed E-state index contributed by atoms with van der Waals surface area (Å²) in [4.78, 5) is 21.1. The number of benzene rings is 2. The van der Waals surface area contributed by atoms with Crippen molar-refractivity contribution in [2.24, 2.45) is 0 Å². The van der Waals surface area contributed by atoms with Crippen LogP contribution in [0, 0.1) is 0 Å². The second-order valence-corrected chi connectivity index (χ2v) is 11.1. The highest BCUT2D eigenvalue weighted by atomic mass is 31.2. The van der Waals surface area contributed by atoms with Gasteiger partial charge in [0.1, 0.15) is 11.4 Å². The first kappa shape index (κ1) is 30.4. The van der Waals surface area contributed by atoms with E-state index in [9.17, 15) is 18.0 Å². The maximum absolute atomic E-state index is 14.0. The van der Waals surface area contributed by atoms with Crippen molar-refractivity contribution in [1.29, 1.82) is 0 Å². The fourth-order valence-corrected chi connectivity index (χ4v) is 5.81. The van der Waals surface area contributed by atoms with Gasteiger partial charge in [0.05, 0.1) is 30.7 Å². The van der Waals surface area contributed by atoms with E-state index in [0.717, 1.165) is 11.1 Å². The van der Waals surface area contributed by atoms with Gasteiger partial charge in [0.15, 0.2) is 8.38 Å². The van der Waals surface area contributed by atoms with Crippen LogP contribution in [-0.2, 0) is 27.9 Å². The number of nitrogens with one attached hydrogen (secondary N) is 3. The van der Waals surface area contributed by atoms with E-state index in [2.05, 4.69) is 31.0 Å². The average molecular weight is 614 g/mol. The van der Waals surface area contributed by atoms with Crippen molar-refractivity contribution in [1.82, 2.24) is 25.1 Å². The van der Waals surface area contributed by atoms with Crippen molar-refractivity contribution in [2.75, 3.05) is 30.4 Å². The lowest BCUT2D eigenvalue weighted by Gasteiger charge is -2.18. The molecule has 8 bridgehead atoms. The average Bonchev–Trinajstić information content (AvgIpc) is 3.45. The van der Waals surface area contributed by atoms with Gasteiger partial charge in [-0.25, -0.2) is 4.98 Å². The number of halogens is 3. The van der Waals surface area contributed by atoms with Crippen molar-refractivity contribution in [2.45, 2.75) is 39.2 Å². The smallest absolute Gasteiger partial charge is 0.352 e. The van der Waals surface area contributed by atoms with Gasteiger partial charge in [-0.2, -0.15) is 23.3 Å². The van der Waals surface area contributed by atoms with Crippen LogP contribution in [0.1, 0.15) is 41.8 Å². The molecule has 0 aliphatic carbocycles. The zero-order valence-corrected chi connectivity index (χ0v) is 24.5. The summed E-state index contributed by atoms with van der Waals surface area (Å²) in [6, 6.07) is 12.2. The summed E-state index contributed by atoms with van der Waals surface area (Å²) in [5.41, 5.74) is 2.25. The van der Waals surface area contributed by atoms with Gasteiger partial charge in [0.25, 0.3) is 5.91 Å². The number of hydrogen-bond acceptors (Lipinski definition) is 8. The standard InChI is InChI=1S/C29H31F3N7O3P/c1-3-33-27(40)23-14-20-8-11-25(23)37-26-24(29(30,31)32)16-34-28(38-26)36-22-9-6-19(7-10-22)18-43(41-4-2)42-13-5-12-39-17-21(20)15-35-39/h6-11,14-17H,3-5,12-13,18H2,1-2H3,(H,33,40)(H2,34,36,37,38). The lowest BCUT2D eigenvalue weighted by molar-refractivity contribution is -0.137. The predicted molar refractivity (Wildman–Crippen MR) is 159 cm³/mol. The molecule has 4 aliphatic heterocycles. The molecule has 14 heteroatoms. The molecule has 0 saturated carbocycles. The summed E-state index contributed by atoms with van der Waals surface area (Å²) in [6.07, 6.45) is 0.806. The summed E-state index contributed by atoms with van der Waals surface area (Å²) in [7, 11) is -1.16. The van der Waals surface area contributed by atoms with Crippen LogP contribution < -0.4 is 16.0 Å². The van der Waals surface area contributed by atoms with Gasteiger partial charge < -0.3 is 25.0 Å². The number of nitrogens with zero attached hydrogens (tertiary/aromatic N) is 4. The third-order valence-electron chi connectivity index (χ3n) is 6.48. The molecule has 0 saturated heterocycles. The summed E-state index contributed by atoms with van der Waals surface area (Å²) >= 11 is 0. The van der Waals surface area contributed by atoms with E-state index in [1.165, 1.54) is 0 Å². The Labute approximate surface area is 248 Å². The van der Waals surface area contributed by atoms with Crippen molar-refractivity contribution in [3.63, 3.8) is 0 Å². The predicted octanol–water partition coefficient (Wildman–Crippen LogP) is 6.86. The van der Waals surface area contributed by atoms with Crippen molar-refractivity contribution >= 4 is 37.4 Å². The maximum atomic E-state index is 14.0. The van der Waals surface area contributed by atoms with Crippen LogP contribution in [0.25, 0.3) is 11.1 Å². The van der Waals surface area contributed by atoms with Crippen LogP contribution in [0.4, 0.5) is 36.3 Å². The lowest BCUT2D eigenvalue weighted by atomic mass is 10.0. The fraction of sp³-hybridized carbons (Fsp3) is 0.310. The molecular formula is C29H31F3N7O3P. The Balaban J connectivity index is 1.57. The van der Waals surface area contributed by atoms with Gasteiger partial charge in [-0.1, -0.05) is 18.2 Å². The Bertz CT molecular complexity index is 1560. The minimum absolute atomic E-state index is 0.0473. The monoisotopic (exact) mass is 613 g/mol. The molecule has 2 aromatic heterocycles. The van der Waals surface area contributed by atoms with Crippen LogP contribution in [0.15, 0.2) is 61.1 Å².